The van der Waals surface area contributed by atoms with E-state index in [0.717, 1.165) is 0 Å². The first-order valence-electron chi connectivity index (χ1n) is 6.57. The van der Waals surface area contributed by atoms with Gasteiger partial charge in [-0.1, -0.05) is 11.6 Å². The van der Waals surface area contributed by atoms with Crippen LogP contribution >= 0.6 is 11.6 Å². The molecule has 1 amide bonds. The molecule has 20 heavy (non-hydrogen) atoms. The number of rotatable bonds is 8. The number of benzene rings is 1. The maximum Gasteiger partial charge on any atom is 0.226 e. The highest BCUT2D eigenvalue weighted by atomic mass is 35.5. The van der Waals surface area contributed by atoms with Gasteiger partial charge in [-0.3, -0.25) is 4.79 Å². The van der Waals surface area contributed by atoms with E-state index in [4.69, 9.17) is 26.8 Å². The maximum absolute atomic E-state index is 11.7. The van der Waals surface area contributed by atoms with Crippen LogP contribution in [0.2, 0.25) is 5.02 Å². The normalized spacial score (nSPS) is 12.2. The third-order valence-electron chi connectivity index (χ3n) is 2.58. The lowest BCUT2D eigenvalue weighted by Gasteiger charge is -2.13. The molecule has 1 rings (SSSR count). The van der Waals surface area contributed by atoms with E-state index in [9.17, 15) is 4.79 Å². The Hall–Kier alpha value is -1.30. The fourth-order valence-corrected chi connectivity index (χ4v) is 1.73. The highest BCUT2D eigenvalue weighted by Crippen LogP contribution is 2.22. The number of carbonyl (C=O) groups excluding carboxylic acids is 1. The number of amides is 1. The zero-order valence-corrected chi connectivity index (χ0v) is 12.6. The van der Waals surface area contributed by atoms with E-state index in [2.05, 4.69) is 5.32 Å². The molecule has 0 aromatic heterocycles. The minimum absolute atomic E-state index is 0.0247. The average Bonchev–Trinajstić information content (AvgIpc) is 2.39. The van der Waals surface area contributed by atoms with Gasteiger partial charge in [-0.2, -0.15) is 0 Å². The Morgan fingerprint density at radius 3 is 2.90 bits per heavy atom. The molecule has 0 saturated carbocycles. The van der Waals surface area contributed by atoms with E-state index >= 15 is 0 Å². The molecule has 112 valence electrons. The zero-order valence-electron chi connectivity index (χ0n) is 11.8. The molecule has 6 heteroatoms. The van der Waals surface area contributed by atoms with Crippen molar-refractivity contribution in [3.05, 3.63) is 23.2 Å². The van der Waals surface area contributed by atoms with Crippen LogP contribution in [-0.4, -0.2) is 31.8 Å². The molecule has 5 nitrogen and oxygen atoms in total. The highest BCUT2D eigenvalue weighted by molar-refractivity contribution is 6.31. The summed E-state index contributed by atoms with van der Waals surface area (Å²) in [6, 6.07) is 4.94. The van der Waals surface area contributed by atoms with Gasteiger partial charge in [0, 0.05) is 11.6 Å². The molecule has 0 bridgehead atoms. The van der Waals surface area contributed by atoms with Gasteiger partial charge in [-0.15, -0.1) is 0 Å². The molecule has 1 aromatic rings. The van der Waals surface area contributed by atoms with Gasteiger partial charge < -0.3 is 20.5 Å². The van der Waals surface area contributed by atoms with Crippen molar-refractivity contribution < 1.29 is 14.3 Å². The molecule has 1 unspecified atom stereocenters. The standard InChI is InChI=1S/C14H21ClN2O3/c1-3-19-9-10(2)20-7-6-14(18)17-13-5-4-11(15)8-12(13)16/h4-5,8,10H,3,6-7,9,16H2,1-2H3,(H,17,18). The molecule has 0 radical (unpaired) electrons. The van der Waals surface area contributed by atoms with Gasteiger partial charge >= 0.3 is 0 Å². The van der Waals surface area contributed by atoms with E-state index in [1.165, 1.54) is 0 Å². The summed E-state index contributed by atoms with van der Waals surface area (Å²) in [5, 5.41) is 3.26. The van der Waals surface area contributed by atoms with Crippen LogP contribution in [0.25, 0.3) is 0 Å². The van der Waals surface area contributed by atoms with E-state index < -0.39 is 0 Å². The van der Waals surface area contributed by atoms with Gasteiger partial charge in [-0.25, -0.2) is 0 Å². The lowest BCUT2D eigenvalue weighted by molar-refractivity contribution is -0.118. The van der Waals surface area contributed by atoms with Crippen LogP contribution in [0.4, 0.5) is 11.4 Å². The number of nitrogen functional groups attached to an aromatic ring is 1. The van der Waals surface area contributed by atoms with Gasteiger partial charge in [0.05, 0.1) is 37.1 Å². The summed E-state index contributed by atoms with van der Waals surface area (Å²) in [5.74, 6) is -0.150. The molecule has 1 atom stereocenters. The average molecular weight is 301 g/mol. The van der Waals surface area contributed by atoms with Crippen molar-refractivity contribution in [1.29, 1.82) is 0 Å². The molecule has 0 fully saturated rings. The lowest BCUT2D eigenvalue weighted by Crippen LogP contribution is -2.20. The molecular formula is C14H21ClN2O3. The first-order valence-corrected chi connectivity index (χ1v) is 6.95. The Kier molecular flexibility index (Phi) is 7.36. The third kappa shape index (κ3) is 6.23. The van der Waals surface area contributed by atoms with E-state index in [1.807, 2.05) is 13.8 Å². The van der Waals surface area contributed by atoms with Crippen molar-refractivity contribution >= 4 is 28.9 Å². The second-order valence-electron chi connectivity index (χ2n) is 4.37. The summed E-state index contributed by atoms with van der Waals surface area (Å²) >= 11 is 5.79. The number of hydrogen-bond donors (Lipinski definition) is 2. The molecule has 0 spiro atoms. The summed E-state index contributed by atoms with van der Waals surface area (Å²) in [5.41, 5.74) is 6.75. The Balaban J connectivity index is 2.30. The fourth-order valence-electron chi connectivity index (χ4n) is 1.54. The van der Waals surface area contributed by atoms with E-state index in [1.54, 1.807) is 18.2 Å². The summed E-state index contributed by atoms with van der Waals surface area (Å²) in [4.78, 5) is 11.7. The Morgan fingerprint density at radius 2 is 2.25 bits per heavy atom. The van der Waals surface area contributed by atoms with Crippen molar-refractivity contribution in [1.82, 2.24) is 0 Å². The van der Waals surface area contributed by atoms with Crippen LogP contribution in [0, 0.1) is 0 Å². The number of hydrogen-bond acceptors (Lipinski definition) is 4. The van der Waals surface area contributed by atoms with Crippen LogP contribution in [0.15, 0.2) is 18.2 Å². The van der Waals surface area contributed by atoms with Crippen LogP contribution in [0.3, 0.4) is 0 Å². The fraction of sp³-hybridized carbons (Fsp3) is 0.500. The predicted molar refractivity (Wildman–Crippen MR) is 81.0 cm³/mol. The van der Waals surface area contributed by atoms with E-state index in [-0.39, 0.29) is 18.4 Å². The lowest BCUT2D eigenvalue weighted by atomic mass is 10.2. The molecular weight excluding hydrogens is 280 g/mol. The zero-order chi connectivity index (χ0) is 15.0. The first-order chi connectivity index (χ1) is 9.52. The summed E-state index contributed by atoms with van der Waals surface area (Å²) in [6.45, 7) is 5.36. The van der Waals surface area contributed by atoms with Crippen LogP contribution in [0.1, 0.15) is 20.3 Å². The second kappa shape index (κ2) is 8.79. The quantitative estimate of drug-likeness (QED) is 0.724. The Labute approximate surface area is 124 Å². The minimum Gasteiger partial charge on any atom is -0.397 e. The number of anilines is 2. The number of nitrogens with two attached hydrogens (primary N) is 1. The number of halogens is 1. The molecule has 0 aliphatic rings. The number of carbonyl (C=O) groups is 1. The summed E-state index contributed by atoms with van der Waals surface area (Å²) in [6.07, 6.45) is 0.238. The molecule has 0 saturated heterocycles. The SMILES string of the molecule is CCOCC(C)OCCC(=O)Nc1ccc(Cl)cc1N. The van der Waals surface area contributed by atoms with Crippen molar-refractivity contribution in [3.8, 4) is 0 Å². The highest BCUT2D eigenvalue weighted by Gasteiger charge is 2.07. The molecule has 1 aromatic carbocycles. The maximum atomic E-state index is 11.7. The summed E-state index contributed by atoms with van der Waals surface area (Å²) in [7, 11) is 0. The van der Waals surface area contributed by atoms with Crippen molar-refractivity contribution in [3.63, 3.8) is 0 Å². The molecule has 0 aliphatic heterocycles. The predicted octanol–water partition coefficient (Wildman–Crippen LogP) is 2.69. The van der Waals surface area contributed by atoms with E-state index in [0.29, 0.717) is 36.2 Å². The van der Waals surface area contributed by atoms with Gasteiger partial charge in [0.2, 0.25) is 5.91 Å². The van der Waals surface area contributed by atoms with Gasteiger partial charge in [0.15, 0.2) is 0 Å². The smallest absolute Gasteiger partial charge is 0.226 e. The van der Waals surface area contributed by atoms with Gasteiger partial charge in [-0.05, 0) is 32.0 Å². The number of nitrogens with one attached hydrogen (secondary N) is 1. The van der Waals surface area contributed by atoms with Crippen molar-refractivity contribution in [2.75, 3.05) is 30.9 Å². The minimum atomic E-state index is -0.150. The number of ether oxygens (including phenoxy) is 2. The monoisotopic (exact) mass is 300 g/mol. The third-order valence-corrected chi connectivity index (χ3v) is 2.81. The van der Waals surface area contributed by atoms with Crippen molar-refractivity contribution in [2.45, 2.75) is 26.4 Å². The Morgan fingerprint density at radius 1 is 1.50 bits per heavy atom. The molecule has 3 N–H and O–H groups in total. The van der Waals surface area contributed by atoms with Crippen molar-refractivity contribution in [2.24, 2.45) is 0 Å². The van der Waals surface area contributed by atoms with Crippen LogP contribution < -0.4 is 11.1 Å². The second-order valence-corrected chi connectivity index (χ2v) is 4.81. The molecule has 0 heterocycles. The summed E-state index contributed by atoms with van der Waals surface area (Å²) < 4.78 is 10.7. The van der Waals surface area contributed by atoms with Gasteiger partial charge in [0.25, 0.3) is 0 Å². The van der Waals surface area contributed by atoms with Crippen LogP contribution in [0.5, 0.6) is 0 Å². The largest absolute Gasteiger partial charge is 0.397 e. The Bertz CT molecular complexity index is 440. The topological polar surface area (TPSA) is 73.6 Å². The first kappa shape index (κ1) is 16.8. The van der Waals surface area contributed by atoms with Crippen LogP contribution in [-0.2, 0) is 14.3 Å². The molecule has 0 aliphatic carbocycles. The van der Waals surface area contributed by atoms with Gasteiger partial charge in [0.1, 0.15) is 0 Å².